The molecule has 0 bridgehead atoms. The van der Waals surface area contributed by atoms with Gasteiger partial charge in [0.25, 0.3) is 0 Å². The first-order chi connectivity index (χ1) is 11.8. The molecule has 0 aliphatic carbocycles. The number of aromatic nitrogens is 3. The molecular weight excluding hydrogens is 304 g/mol. The molecule has 0 radical (unpaired) electrons. The normalized spacial score (nSPS) is 28.2. The van der Waals surface area contributed by atoms with Crippen molar-refractivity contribution in [3.8, 4) is 0 Å². The van der Waals surface area contributed by atoms with Crippen LogP contribution in [0, 0.1) is 5.92 Å². The zero-order valence-electron chi connectivity index (χ0n) is 13.9. The number of imidazole rings is 1. The van der Waals surface area contributed by atoms with Crippen molar-refractivity contribution >= 4 is 0 Å². The molecule has 6 heteroatoms. The standard InChI is InChI=1S/C18H24N4O2/c1-2-4-20-17(3-1)11-21-7-8-23-14-18(13-21)9-16(12-24-18)10-22-6-5-19-15-22/h1-6,15-16H,7-14H2/t16-,18+/m0/s1. The lowest BCUT2D eigenvalue weighted by Crippen LogP contribution is -2.43. The molecule has 0 N–H and O–H groups in total. The third-order valence-electron chi connectivity index (χ3n) is 4.85. The largest absolute Gasteiger partial charge is 0.377 e. The molecule has 2 aromatic heterocycles. The second-order valence-electron chi connectivity index (χ2n) is 6.91. The van der Waals surface area contributed by atoms with E-state index < -0.39 is 0 Å². The molecule has 6 nitrogen and oxygen atoms in total. The first-order valence-corrected chi connectivity index (χ1v) is 8.61. The second kappa shape index (κ2) is 7.01. The van der Waals surface area contributed by atoms with Crippen molar-refractivity contribution in [1.29, 1.82) is 0 Å². The minimum absolute atomic E-state index is 0.184. The molecule has 2 atom stereocenters. The number of pyridine rings is 1. The SMILES string of the molecule is c1ccc(CN2CCOC[C@@]3(C[C@@H](Cn4ccnc4)CO3)C2)nc1. The van der Waals surface area contributed by atoms with Crippen LogP contribution in [-0.4, -0.2) is 57.9 Å². The van der Waals surface area contributed by atoms with Crippen molar-refractivity contribution in [1.82, 2.24) is 19.4 Å². The van der Waals surface area contributed by atoms with Crippen LogP contribution in [0.2, 0.25) is 0 Å². The predicted octanol–water partition coefficient (Wildman–Crippen LogP) is 1.59. The Kier molecular flexibility index (Phi) is 4.60. The average molecular weight is 328 g/mol. The van der Waals surface area contributed by atoms with Crippen molar-refractivity contribution < 1.29 is 9.47 Å². The molecular formula is C18H24N4O2. The lowest BCUT2D eigenvalue weighted by atomic mass is 9.94. The van der Waals surface area contributed by atoms with Crippen LogP contribution in [-0.2, 0) is 22.6 Å². The van der Waals surface area contributed by atoms with Crippen LogP contribution in [0.25, 0.3) is 0 Å². The number of ether oxygens (including phenoxy) is 2. The van der Waals surface area contributed by atoms with Crippen molar-refractivity contribution in [2.24, 2.45) is 5.92 Å². The van der Waals surface area contributed by atoms with Crippen molar-refractivity contribution in [3.05, 3.63) is 48.8 Å². The molecule has 0 unspecified atom stereocenters. The van der Waals surface area contributed by atoms with Gasteiger partial charge in [-0.05, 0) is 18.6 Å². The molecule has 0 aromatic carbocycles. The van der Waals surface area contributed by atoms with Gasteiger partial charge >= 0.3 is 0 Å². The second-order valence-corrected chi connectivity index (χ2v) is 6.91. The van der Waals surface area contributed by atoms with E-state index in [-0.39, 0.29) is 5.60 Å². The number of rotatable bonds is 4. The number of nitrogens with zero attached hydrogens (tertiary/aromatic N) is 4. The molecule has 4 heterocycles. The topological polar surface area (TPSA) is 52.4 Å². The van der Waals surface area contributed by atoms with Crippen molar-refractivity contribution in [3.63, 3.8) is 0 Å². The fraction of sp³-hybridized carbons (Fsp3) is 0.556. The minimum atomic E-state index is -0.184. The predicted molar refractivity (Wildman–Crippen MR) is 89.4 cm³/mol. The number of hydrogen-bond donors (Lipinski definition) is 0. The summed E-state index contributed by atoms with van der Waals surface area (Å²) < 4.78 is 14.3. The van der Waals surface area contributed by atoms with E-state index in [0.717, 1.165) is 51.5 Å². The molecule has 2 aliphatic heterocycles. The van der Waals surface area contributed by atoms with Crippen LogP contribution < -0.4 is 0 Å². The van der Waals surface area contributed by atoms with Crippen molar-refractivity contribution in [2.45, 2.75) is 25.1 Å². The van der Waals surface area contributed by atoms with E-state index in [9.17, 15) is 0 Å². The maximum atomic E-state index is 6.27. The van der Waals surface area contributed by atoms with Gasteiger partial charge in [-0.3, -0.25) is 9.88 Å². The minimum Gasteiger partial charge on any atom is -0.377 e. The third-order valence-corrected chi connectivity index (χ3v) is 4.85. The highest BCUT2D eigenvalue weighted by Gasteiger charge is 2.43. The summed E-state index contributed by atoms with van der Waals surface area (Å²) in [5.41, 5.74) is 0.916. The van der Waals surface area contributed by atoms with E-state index in [2.05, 4.69) is 25.5 Å². The van der Waals surface area contributed by atoms with Gasteiger partial charge in [-0.15, -0.1) is 0 Å². The molecule has 0 saturated carbocycles. The Bertz CT molecular complexity index is 634. The lowest BCUT2D eigenvalue weighted by molar-refractivity contribution is -0.0563. The van der Waals surface area contributed by atoms with Gasteiger partial charge in [0.1, 0.15) is 5.60 Å². The highest BCUT2D eigenvalue weighted by Crippen LogP contribution is 2.33. The van der Waals surface area contributed by atoms with Crippen LogP contribution in [0.3, 0.4) is 0 Å². The Morgan fingerprint density at radius 1 is 1.29 bits per heavy atom. The van der Waals surface area contributed by atoms with Crippen LogP contribution in [0.5, 0.6) is 0 Å². The summed E-state index contributed by atoms with van der Waals surface area (Å²) in [4.78, 5) is 11.0. The van der Waals surface area contributed by atoms with Gasteiger partial charge in [0.2, 0.25) is 0 Å². The zero-order valence-corrected chi connectivity index (χ0v) is 13.9. The molecule has 128 valence electrons. The molecule has 2 aromatic rings. The maximum Gasteiger partial charge on any atom is 0.104 e. The van der Waals surface area contributed by atoms with Gasteiger partial charge in [-0.25, -0.2) is 4.98 Å². The average Bonchev–Trinajstić information content (AvgIpc) is 3.19. The summed E-state index contributed by atoms with van der Waals surface area (Å²) in [6, 6.07) is 6.08. The molecule has 24 heavy (non-hydrogen) atoms. The summed E-state index contributed by atoms with van der Waals surface area (Å²) in [6.07, 6.45) is 8.61. The summed E-state index contributed by atoms with van der Waals surface area (Å²) >= 11 is 0. The first kappa shape index (κ1) is 15.7. The van der Waals surface area contributed by atoms with E-state index >= 15 is 0 Å². The van der Waals surface area contributed by atoms with E-state index in [1.54, 1.807) is 0 Å². The molecule has 4 rings (SSSR count). The summed E-state index contributed by atoms with van der Waals surface area (Å²) in [5, 5.41) is 0. The molecule has 2 saturated heterocycles. The molecule has 0 amide bonds. The van der Waals surface area contributed by atoms with Crippen LogP contribution in [0.4, 0.5) is 0 Å². The lowest BCUT2D eigenvalue weighted by Gasteiger charge is -2.31. The fourth-order valence-corrected chi connectivity index (χ4v) is 3.80. The van der Waals surface area contributed by atoms with E-state index in [1.807, 2.05) is 37.1 Å². The Morgan fingerprint density at radius 3 is 3.12 bits per heavy atom. The van der Waals surface area contributed by atoms with Crippen LogP contribution in [0.1, 0.15) is 12.1 Å². The summed E-state index contributed by atoms with van der Waals surface area (Å²) in [6.45, 7) is 5.87. The van der Waals surface area contributed by atoms with Gasteiger partial charge in [-0.2, -0.15) is 0 Å². The van der Waals surface area contributed by atoms with E-state index in [1.165, 1.54) is 0 Å². The summed E-state index contributed by atoms with van der Waals surface area (Å²) in [5.74, 6) is 0.512. The Hall–Kier alpha value is -1.76. The highest BCUT2D eigenvalue weighted by atomic mass is 16.5. The van der Waals surface area contributed by atoms with Gasteiger partial charge in [-0.1, -0.05) is 6.07 Å². The molecule has 1 spiro atoms. The Balaban J connectivity index is 1.40. The Morgan fingerprint density at radius 2 is 2.29 bits per heavy atom. The van der Waals surface area contributed by atoms with Crippen molar-refractivity contribution in [2.75, 3.05) is 32.9 Å². The first-order valence-electron chi connectivity index (χ1n) is 8.61. The quantitative estimate of drug-likeness (QED) is 0.853. The molecule has 2 fully saturated rings. The van der Waals surface area contributed by atoms with E-state index in [4.69, 9.17) is 9.47 Å². The van der Waals surface area contributed by atoms with Crippen LogP contribution in [0.15, 0.2) is 43.1 Å². The molecule has 2 aliphatic rings. The van der Waals surface area contributed by atoms with Gasteiger partial charge in [0.15, 0.2) is 0 Å². The van der Waals surface area contributed by atoms with Crippen LogP contribution >= 0.6 is 0 Å². The van der Waals surface area contributed by atoms with Gasteiger partial charge in [0, 0.05) is 50.7 Å². The number of hydrogen-bond acceptors (Lipinski definition) is 5. The summed E-state index contributed by atoms with van der Waals surface area (Å²) in [7, 11) is 0. The smallest absolute Gasteiger partial charge is 0.104 e. The Labute approximate surface area is 142 Å². The van der Waals surface area contributed by atoms with Gasteiger partial charge < -0.3 is 14.0 Å². The van der Waals surface area contributed by atoms with Gasteiger partial charge in [0.05, 0.1) is 31.8 Å². The zero-order chi connectivity index (χ0) is 16.2. The third kappa shape index (κ3) is 3.66. The van der Waals surface area contributed by atoms with E-state index in [0.29, 0.717) is 12.5 Å². The monoisotopic (exact) mass is 328 g/mol. The fourth-order valence-electron chi connectivity index (χ4n) is 3.80. The maximum absolute atomic E-state index is 6.27. The highest BCUT2D eigenvalue weighted by molar-refractivity contribution is 5.04.